The van der Waals surface area contributed by atoms with Gasteiger partial charge in [0.15, 0.2) is 0 Å². The summed E-state index contributed by atoms with van der Waals surface area (Å²) in [6.45, 7) is 3.04. The number of nitrogens with one attached hydrogen (secondary N) is 2. The van der Waals surface area contributed by atoms with Crippen molar-refractivity contribution in [1.82, 2.24) is 14.5 Å². The fourth-order valence-electron chi connectivity index (χ4n) is 2.07. The number of carbonyl (C=O) groups is 1. The molecule has 1 aromatic carbocycles. The van der Waals surface area contributed by atoms with Crippen molar-refractivity contribution in [3.05, 3.63) is 47.3 Å². The molecule has 0 atom stereocenters. The third kappa shape index (κ3) is 4.54. The van der Waals surface area contributed by atoms with E-state index in [0.717, 1.165) is 5.56 Å². The SMILES string of the molecule is Cc1nn(CC(=O)O)c(C)c1NS(=O)(=O)NCc1ccccc1. The molecule has 124 valence electrons. The number of anilines is 1. The van der Waals surface area contributed by atoms with Crippen molar-refractivity contribution in [2.75, 3.05) is 4.72 Å². The summed E-state index contributed by atoms with van der Waals surface area (Å²) in [5.41, 5.74) is 1.96. The minimum Gasteiger partial charge on any atom is -0.480 e. The molecule has 0 radical (unpaired) electrons. The zero-order chi connectivity index (χ0) is 17.0. The topological polar surface area (TPSA) is 113 Å². The number of hydrogen-bond donors (Lipinski definition) is 3. The maximum absolute atomic E-state index is 12.1. The van der Waals surface area contributed by atoms with E-state index >= 15 is 0 Å². The molecule has 0 aliphatic carbocycles. The first kappa shape index (κ1) is 17.0. The van der Waals surface area contributed by atoms with Crippen LogP contribution in [-0.2, 0) is 28.1 Å². The van der Waals surface area contributed by atoms with E-state index in [0.29, 0.717) is 11.4 Å². The van der Waals surface area contributed by atoms with Gasteiger partial charge in [-0.3, -0.25) is 14.2 Å². The predicted octanol–water partition coefficient (Wildman–Crippen LogP) is 1.03. The van der Waals surface area contributed by atoms with Crippen molar-refractivity contribution in [1.29, 1.82) is 0 Å². The summed E-state index contributed by atoms with van der Waals surface area (Å²) in [5, 5.41) is 12.9. The highest BCUT2D eigenvalue weighted by molar-refractivity contribution is 7.90. The monoisotopic (exact) mass is 338 g/mol. The lowest BCUT2D eigenvalue weighted by molar-refractivity contribution is -0.137. The minimum absolute atomic E-state index is 0.150. The molecule has 1 aromatic heterocycles. The van der Waals surface area contributed by atoms with Gasteiger partial charge in [-0.25, -0.2) is 0 Å². The number of hydrogen-bond acceptors (Lipinski definition) is 4. The number of rotatable bonds is 7. The lowest BCUT2D eigenvalue weighted by Crippen LogP contribution is -2.30. The van der Waals surface area contributed by atoms with Crippen molar-refractivity contribution >= 4 is 21.9 Å². The lowest BCUT2D eigenvalue weighted by Gasteiger charge is -2.10. The molecule has 0 saturated carbocycles. The Balaban J connectivity index is 2.11. The summed E-state index contributed by atoms with van der Waals surface area (Å²) >= 11 is 0. The van der Waals surface area contributed by atoms with E-state index in [1.54, 1.807) is 13.8 Å². The van der Waals surface area contributed by atoms with Crippen LogP contribution in [-0.4, -0.2) is 29.3 Å². The first-order chi connectivity index (χ1) is 10.8. The van der Waals surface area contributed by atoms with Crippen molar-refractivity contribution in [3.8, 4) is 0 Å². The fourth-order valence-corrected chi connectivity index (χ4v) is 3.06. The van der Waals surface area contributed by atoms with Crippen LogP contribution in [0.5, 0.6) is 0 Å². The normalized spacial score (nSPS) is 11.4. The third-order valence-electron chi connectivity index (χ3n) is 3.21. The molecule has 0 fully saturated rings. The molecule has 9 heteroatoms. The van der Waals surface area contributed by atoms with E-state index in [1.807, 2.05) is 30.3 Å². The van der Waals surface area contributed by atoms with Gasteiger partial charge in [0.25, 0.3) is 10.2 Å². The van der Waals surface area contributed by atoms with Gasteiger partial charge in [0.2, 0.25) is 0 Å². The van der Waals surface area contributed by atoms with E-state index in [9.17, 15) is 13.2 Å². The zero-order valence-electron chi connectivity index (χ0n) is 12.8. The van der Waals surface area contributed by atoms with Crippen molar-refractivity contribution < 1.29 is 18.3 Å². The third-order valence-corrected chi connectivity index (χ3v) is 4.21. The Morgan fingerprint density at radius 2 is 1.91 bits per heavy atom. The summed E-state index contributed by atoms with van der Waals surface area (Å²) in [6, 6.07) is 9.11. The molecule has 0 unspecified atom stereocenters. The van der Waals surface area contributed by atoms with Gasteiger partial charge < -0.3 is 5.11 Å². The summed E-state index contributed by atoms with van der Waals surface area (Å²) in [6.07, 6.45) is 0. The van der Waals surface area contributed by atoms with Gasteiger partial charge >= 0.3 is 5.97 Å². The van der Waals surface area contributed by atoms with E-state index in [1.165, 1.54) is 4.68 Å². The molecule has 0 spiro atoms. The molecule has 2 aromatic rings. The number of aromatic nitrogens is 2. The minimum atomic E-state index is -3.79. The second kappa shape index (κ2) is 6.80. The number of carboxylic acid groups (broad SMARTS) is 1. The largest absolute Gasteiger partial charge is 0.480 e. The number of aryl methyl sites for hydroxylation is 1. The average Bonchev–Trinajstić information content (AvgIpc) is 2.73. The highest BCUT2D eigenvalue weighted by Crippen LogP contribution is 2.20. The first-order valence-corrected chi connectivity index (χ1v) is 8.34. The Hall–Kier alpha value is -2.39. The van der Waals surface area contributed by atoms with E-state index < -0.39 is 16.2 Å². The molecule has 0 aliphatic heterocycles. The number of carboxylic acids is 1. The molecule has 0 bridgehead atoms. The fraction of sp³-hybridized carbons (Fsp3) is 0.286. The maximum Gasteiger partial charge on any atom is 0.325 e. The van der Waals surface area contributed by atoms with Crippen LogP contribution < -0.4 is 9.44 Å². The van der Waals surface area contributed by atoms with Crippen molar-refractivity contribution in [2.45, 2.75) is 26.9 Å². The molecule has 0 aliphatic rings. The highest BCUT2D eigenvalue weighted by atomic mass is 32.2. The lowest BCUT2D eigenvalue weighted by atomic mass is 10.2. The Kier molecular flexibility index (Phi) is 5.02. The van der Waals surface area contributed by atoms with Crippen LogP contribution >= 0.6 is 0 Å². The highest BCUT2D eigenvalue weighted by Gasteiger charge is 2.18. The molecular weight excluding hydrogens is 320 g/mol. The van der Waals surface area contributed by atoms with Crippen LogP contribution in [0.25, 0.3) is 0 Å². The quantitative estimate of drug-likeness (QED) is 0.698. The van der Waals surface area contributed by atoms with Gasteiger partial charge in [0.05, 0.1) is 17.1 Å². The molecule has 0 saturated heterocycles. The molecule has 2 rings (SSSR count). The van der Waals surface area contributed by atoms with Crippen LogP contribution in [0.15, 0.2) is 30.3 Å². The Bertz CT molecular complexity index is 800. The van der Waals surface area contributed by atoms with E-state index in [-0.39, 0.29) is 18.8 Å². The number of aliphatic carboxylic acids is 1. The van der Waals surface area contributed by atoms with Crippen molar-refractivity contribution in [3.63, 3.8) is 0 Å². The smallest absolute Gasteiger partial charge is 0.325 e. The number of nitrogens with zero attached hydrogens (tertiary/aromatic N) is 2. The van der Waals surface area contributed by atoms with Crippen molar-refractivity contribution in [2.24, 2.45) is 0 Å². The molecular formula is C14H18N4O4S. The molecule has 3 N–H and O–H groups in total. The van der Waals surface area contributed by atoms with Crippen LogP contribution in [0.3, 0.4) is 0 Å². The predicted molar refractivity (Wildman–Crippen MR) is 85.2 cm³/mol. The van der Waals surface area contributed by atoms with Crippen LogP contribution in [0.4, 0.5) is 5.69 Å². The standard InChI is InChI=1S/C14H18N4O4S/c1-10-14(11(2)18(16-10)9-13(19)20)17-23(21,22)15-8-12-6-4-3-5-7-12/h3-7,15,17H,8-9H2,1-2H3,(H,19,20). The van der Waals surface area contributed by atoms with Gasteiger partial charge in [0.1, 0.15) is 6.54 Å². The van der Waals surface area contributed by atoms with E-state index in [4.69, 9.17) is 5.11 Å². The number of benzene rings is 1. The van der Waals surface area contributed by atoms with Crippen LogP contribution in [0, 0.1) is 13.8 Å². The second-order valence-electron chi connectivity index (χ2n) is 5.01. The van der Waals surface area contributed by atoms with Gasteiger partial charge in [-0.1, -0.05) is 30.3 Å². The van der Waals surface area contributed by atoms with Crippen LogP contribution in [0.1, 0.15) is 17.0 Å². The second-order valence-corrected chi connectivity index (χ2v) is 6.51. The van der Waals surface area contributed by atoms with Gasteiger partial charge in [-0.15, -0.1) is 0 Å². The van der Waals surface area contributed by atoms with Gasteiger partial charge in [-0.05, 0) is 19.4 Å². The average molecular weight is 338 g/mol. The summed E-state index contributed by atoms with van der Waals surface area (Å²) in [7, 11) is -3.79. The summed E-state index contributed by atoms with van der Waals surface area (Å²) in [4.78, 5) is 10.8. The first-order valence-electron chi connectivity index (χ1n) is 6.85. The molecule has 23 heavy (non-hydrogen) atoms. The van der Waals surface area contributed by atoms with E-state index in [2.05, 4.69) is 14.5 Å². The summed E-state index contributed by atoms with van der Waals surface area (Å²) < 4.78 is 30.3. The van der Waals surface area contributed by atoms with Crippen LogP contribution in [0.2, 0.25) is 0 Å². The Labute approximate surface area is 134 Å². The zero-order valence-corrected chi connectivity index (χ0v) is 13.6. The molecule has 0 amide bonds. The summed E-state index contributed by atoms with van der Waals surface area (Å²) in [5.74, 6) is -1.05. The maximum atomic E-state index is 12.1. The Morgan fingerprint density at radius 3 is 2.52 bits per heavy atom. The molecule has 8 nitrogen and oxygen atoms in total. The van der Waals surface area contributed by atoms with Gasteiger partial charge in [-0.2, -0.15) is 18.2 Å². The Morgan fingerprint density at radius 1 is 1.26 bits per heavy atom. The molecule has 1 heterocycles. The van der Waals surface area contributed by atoms with Gasteiger partial charge in [0, 0.05) is 6.54 Å².